The van der Waals surface area contributed by atoms with E-state index in [2.05, 4.69) is 10.3 Å². The number of methoxy groups -OCH3 is 1. The molecule has 33 heavy (non-hydrogen) atoms. The Labute approximate surface area is 191 Å². The highest BCUT2D eigenvalue weighted by molar-refractivity contribution is 5.95. The molecular weight excluding hydrogens is 422 g/mol. The summed E-state index contributed by atoms with van der Waals surface area (Å²) >= 11 is 0. The summed E-state index contributed by atoms with van der Waals surface area (Å²) in [5.74, 6) is 0.172. The van der Waals surface area contributed by atoms with Crippen LogP contribution < -0.4 is 14.9 Å². The first-order chi connectivity index (χ1) is 15.9. The number of carbonyl (C=O) groups is 2. The lowest BCUT2D eigenvalue weighted by molar-refractivity contribution is -0.0144. The van der Waals surface area contributed by atoms with Gasteiger partial charge in [0.15, 0.2) is 17.2 Å². The zero-order valence-corrected chi connectivity index (χ0v) is 18.4. The number of aromatic nitrogens is 1. The Bertz CT molecular complexity index is 1170. The van der Waals surface area contributed by atoms with Crippen LogP contribution in [0, 0.1) is 0 Å². The molecule has 2 amide bonds. The summed E-state index contributed by atoms with van der Waals surface area (Å²) in [6.07, 6.45) is 3.82. The van der Waals surface area contributed by atoms with Crippen molar-refractivity contribution in [1.29, 1.82) is 0 Å². The topological polar surface area (TPSA) is 101 Å². The zero-order chi connectivity index (χ0) is 23.4. The second kappa shape index (κ2) is 9.60. The van der Waals surface area contributed by atoms with Crippen molar-refractivity contribution in [2.75, 3.05) is 14.2 Å². The summed E-state index contributed by atoms with van der Waals surface area (Å²) in [5, 5.41) is 14.1. The van der Waals surface area contributed by atoms with Crippen LogP contribution in [0.2, 0.25) is 0 Å². The SMILES string of the molecule is COc1ccc(C(=O)NC2CCc3ccc(ON(C)C(=O)c4ccccn4)cc3C2)cc1O. The molecule has 8 nitrogen and oxygen atoms in total. The van der Waals surface area contributed by atoms with Gasteiger partial charge in [-0.2, -0.15) is 5.06 Å². The molecule has 1 heterocycles. The van der Waals surface area contributed by atoms with Crippen molar-refractivity contribution in [1.82, 2.24) is 15.4 Å². The fourth-order valence-electron chi connectivity index (χ4n) is 3.86. The number of ether oxygens (including phenoxy) is 1. The molecule has 0 bridgehead atoms. The highest BCUT2D eigenvalue weighted by atomic mass is 16.7. The first-order valence-electron chi connectivity index (χ1n) is 10.6. The summed E-state index contributed by atoms with van der Waals surface area (Å²) in [5.41, 5.74) is 2.91. The van der Waals surface area contributed by atoms with Crippen LogP contribution in [-0.4, -0.2) is 47.2 Å². The van der Waals surface area contributed by atoms with Crippen molar-refractivity contribution in [2.45, 2.75) is 25.3 Å². The molecule has 1 atom stereocenters. The number of hydrogen-bond donors (Lipinski definition) is 2. The maximum atomic E-state index is 12.7. The number of hydroxylamine groups is 2. The summed E-state index contributed by atoms with van der Waals surface area (Å²) in [6, 6.07) is 15.4. The molecule has 2 N–H and O–H groups in total. The number of nitrogens with zero attached hydrogens (tertiary/aromatic N) is 2. The van der Waals surface area contributed by atoms with Crippen LogP contribution in [0.3, 0.4) is 0 Å². The van der Waals surface area contributed by atoms with Crippen molar-refractivity contribution in [3.05, 3.63) is 83.2 Å². The van der Waals surface area contributed by atoms with E-state index in [0.29, 0.717) is 29.2 Å². The summed E-state index contributed by atoms with van der Waals surface area (Å²) in [6.45, 7) is 0. The molecule has 0 saturated carbocycles. The Morgan fingerprint density at radius 1 is 1.12 bits per heavy atom. The number of rotatable bonds is 6. The quantitative estimate of drug-likeness (QED) is 0.563. The van der Waals surface area contributed by atoms with Crippen LogP contribution in [0.1, 0.15) is 38.4 Å². The van der Waals surface area contributed by atoms with E-state index < -0.39 is 0 Å². The number of phenols is 1. The zero-order valence-electron chi connectivity index (χ0n) is 18.4. The van der Waals surface area contributed by atoms with Gasteiger partial charge in [0.05, 0.1) is 7.11 Å². The lowest BCUT2D eigenvalue weighted by atomic mass is 9.88. The third kappa shape index (κ3) is 5.06. The Hall–Kier alpha value is -4.07. The molecule has 170 valence electrons. The maximum Gasteiger partial charge on any atom is 0.304 e. The van der Waals surface area contributed by atoms with Crippen LogP contribution in [0.25, 0.3) is 0 Å². The van der Waals surface area contributed by atoms with Crippen molar-refractivity contribution >= 4 is 11.8 Å². The second-order valence-electron chi connectivity index (χ2n) is 7.84. The van der Waals surface area contributed by atoms with Gasteiger partial charge in [0.1, 0.15) is 5.69 Å². The van der Waals surface area contributed by atoms with Crippen LogP contribution in [0.15, 0.2) is 60.8 Å². The molecule has 0 spiro atoms. The van der Waals surface area contributed by atoms with E-state index in [1.54, 1.807) is 43.6 Å². The van der Waals surface area contributed by atoms with Crippen molar-refractivity contribution < 1.29 is 24.3 Å². The number of aryl methyl sites for hydroxylation is 1. The minimum Gasteiger partial charge on any atom is -0.504 e. The molecule has 0 radical (unpaired) electrons. The van der Waals surface area contributed by atoms with E-state index in [-0.39, 0.29) is 23.6 Å². The summed E-state index contributed by atoms with van der Waals surface area (Å²) in [7, 11) is 3.00. The van der Waals surface area contributed by atoms with Crippen LogP contribution in [-0.2, 0) is 12.8 Å². The average molecular weight is 447 g/mol. The minimum absolute atomic E-state index is 0.0580. The molecular formula is C25H25N3O5. The fourth-order valence-corrected chi connectivity index (χ4v) is 3.86. The van der Waals surface area contributed by atoms with E-state index in [1.165, 1.54) is 18.7 Å². The van der Waals surface area contributed by atoms with Gasteiger partial charge >= 0.3 is 5.91 Å². The number of phenolic OH excluding ortho intramolecular Hbond substituents is 1. The van der Waals surface area contributed by atoms with Crippen LogP contribution >= 0.6 is 0 Å². The van der Waals surface area contributed by atoms with Gasteiger partial charge in [0.2, 0.25) is 0 Å². The Morgan fingerprint density at radius 3 is 2.70 bits per heavy atom. The van der Waals surface area contributed by atoms with Gasteiger partial charge in [-0.3, -0.25) is 14.6 Å². The number of nitrogens with one attached hydrogen (secondary N) is 1. The number of amides is 2. The largest absolute Gasteiger partial charge is 0.504 e. The monoisotopic (exact) mass is 447 g/mol. The molecule has 2 aromatic carbocycles. The Kier molecular flexibility index (Phi) is 6.44. The molecule has 0 aliphatic heterocycles. The third-order valence-electron chi connectivity index (χ3n) is 5.59. The van der Waals surface area contributed by atoms with Gasteiger partial charge in [0, 0.05) is 24.8 Å². The minimum atomic E-state index is -0.346. The number of benzene rings is 2. The molecule has 0 saturated heterocycles. The molecule has 1 unspecified atom stereocenters. The number of fused-ring (bicyclic) bond motifs is 1. The molecule has 1 aliphatic rings. The van der Waals surface area contributed by atoms with Gasteiger partial charge in [0.25, 0.3) is 5.91 Å². The van der Waals surface area contributed by atoms with Gasteiger partial charge in [-0.05, 0) is 72.9 Å². The highest BCUT2D eigenvalue weighted by Gasteiger charge is 2.22. The van der Waals surface area contributed by atoms with E-state index in [1.807, 2.05) is 18.2 Å². The highest BCUT2D eigenvalue weighted by Crippen LogP contribution is 2.28. The van der Waals surface area contributed by atoms with E-state index in [4.69, 9.17) is 9.57 Å². The average Bonchev–Trinajstić information content (AvgIpc) is 2.83. The molecule has 0 fully saturated rings. The van der Waals surface area contributed by atoms with Gasteiger partial charge < -0.3 is 20.0 Å². The molecule has 1 aromatic heterocycles. The predicted octanol–water partition coefficient (Wildman–Crippen LogP) is 3.15. The number of carbonyl (C=O) groups excluding carboxylic acids is 2. The van der Waals surface area contributed by atoms with E-state index in [0.717, 1.165) is 23.5 Å². The normalized spacial score (nSPS) is 14.7. The van der Waals surface area contributed by atoms with Crippen molar-refractivity contribution in [3.8, 4) is 17.2 Å². The van der Waals surface area contributed by atoms with Gasteiger partial charge in [-0.1, -0.05) is 12.1 Å². The molecule has 4 rings (SSSR count). The lowest BCUT2D eigenvalue weighted by Gasteiger charge is -2.26. The van der Waals surface area contributed by atoms with Gasteiger partial charge in [-0.15, -0.1) is 0 Å². The van der Waals surface area contributed by atoms with Crippen molar-refractivity contribution in [3.63, 3.8) is 0 Å². The van der Waals surface area contributed by atoms with Gasteiger partial charge in [-0.25, -0.2) is 0 Å². The molecule has 8 heteroatoms. The first-order valence-corrected chi connectivity index (χ1v) is 10.6. The Morgan fingerprint density at radius 2 is 1.97 bits per heavy atom. The second-order valence-corrected chi connectivity index (χ2v) is 7.84. The number of hydrogen-bond acceptors (Lipinski definition) is 6. The van der Waals surface area contributed by atoms with Crippen LogP contribution in [0.5, 0.6) is 17.2 Å². The van der Waals surface area contributed by atoms with Crippen molar-refractivity contribution in [2.24, 2.45) is 0 Å². The third-order valence-corrected chi connectivity index (χ3v) is 5.59. The Balaban J connectivity index is 1.41. The number of aromatic hydroxyl groups is 1. The van der Waals surface area contributed by atoms with Crippen LogP contribution in [0.4, 0.5) is 0 Å². The first kappa shape index (κ1) is 22.1. The summed E-state index contributed by atoms with van der Waals surface area (Å²) in [4.78, 5) is 34.9. The van der Waals surface area contributed by atoms with E-state index in [9.17, 15) is 14.7 Å². The summed E-state index contributed by atoms with van der Waals surface area (Å²) < 4.78 is 5.03. The fraction of sp³-hybridized carbons (Fsp3) is 0.240. The number of pyridine rings is 1. The standard InChI is InChI=1S/C25H25N3O5/c1-28(25(31)21-5-3-4-12-26-21)33-20-10-7-16-6-9-19(13-18(16)14-20)27-24(30)17-8-11-23(32-2)22(29)15-17/h3-5,7-8,10-12,14-15,19,29H,6,9,13H2,1-2H3,(H,27,30). The maximum absolute atomic E-state index is 12.7. The smallest absolute Gasteiger partial charge is 0.304 e. The predicted molar refractivity (Wildman–Crippen MR) is 121 cm³/mol. The lowest BCUT2D eigenvalue weighted by Crippen LogP contribution is -2.38. The molecule has 1 aliphatic carbocycles. The molecule has 3 aromatic rings. The van der Waals surface area contributed by atoms with E-state index >= 15 is 0 Å².